The van der Waals surface area contributed by atoms with E-state index in [0.29, 0.717) is 6.54 Å². The predicted molar refractivity (Wildman–Crippen MR) is 72.6 cm³/mol. The van der Waals surface area contributed by atoms with Crippen molar-refractivity contribution in [1.82, 2.24) is 4.72 Å². The Balaban J connectivity index is 2.08. The predicted octanol–water partition coefficient (Wildman–Crippen LogP) is 2.27. The third-order valence-electron chi connectivity index (χ3n) is 3.66. The van der Waals surface area contributed by atoms with Crippen molar-refractivity contribution < 1.29 is 12.8 Å². The standard InChI is InChI=1S/C13H19FN2O2S/c1-2-5-13(6-7-13)9-16-19(17,18)10-3-4-12(15)11(14)8-10/h3-4,8,16H,2,5-7,9,15H2,1H3. The van der Waals surface area contributed by atoms with E-state index in [9.17, 15) is 12.8 Å². The summed E-state index contributed by atoms with van der Waals surface area (Å²) in [6.07, 6.45) is 4.17. The molecule has 1 saturated carbocycles. The molecule has 0 aliphatic heterocycles. The SMILES string of the molecule is CCCC1(CNS(=O)(=O)c2ccc(N)c(F)c2)CC1. The van der Waals surface area contributed by atoms with Crippen LogP contribution in [0.5, 0.6) is 0 Å². The molecule has 1 fully saturated rings. The van der Waals surface area contributed by atoms with Crippen LogP contribution in [-0.2, 0) is 10.0 Å². The fourth-order valence-electron chi connectivity index (χ4n) is 2.23. The topological polar surface area (TPSA) is 72.2 Å². The minimum atomic E-state index is -3.66. The Labute approximate surface area is 113 Å². The van der Waals surface area contributed by atoms with E-state index >= 15 is 0 Å². The molecule has 106 valence electrons. The van der Waals surface area contributed by atoms with Gasteiger partial charge in [-0.3, -0.25) is 0 Å². The van der Waals surface area contributed by atoms with Crippen LogP contribution in [0.3, 0.4) is 0 Å². The number of anilines is 1. The molecule has 19 heavy (non-hydrogen) atoms. The average Bonchev–Trinajstić information content (AvgIpc) is 3.11. The third kappa shape index (κ3) is 3.25. The van der Waals surface area contributed by atoms with Gasteiger partial charge >= 0.3 is 0 Å². The number of nitrogens with one attached hydrogen (secondary N) is 1. The quantitative estimate of drug-likeness (QED) is 0.788. The highest BCUT2D eigenvalue weighted by atomic mass is 32.2. The normalized spacial score (nSPS) is 17.4. The van der Waals surface area contributed by atoms with Crippen LogP contribution in [0.1, 0.15) is 32.6 Å². The van der Waals surface area contributed by atoms with Crippen molar-refractivity contribution in [2.75, 3.05) is 12.3 Å². The highest BCUT2D eigenvalue weighted by molar-refractivity contribution is 7.89. The molecule has 0 saturated heterocycles. The van der Waals surface area contributed by atoms with Gasteiger partial charge in [0.15, 0.2) is 0 Å². The van der Waals surface area contributed by atoms with Crippen molar-refractivity contribution in [3.05, 3.63) is 24.0 Å². The summed E-state index contributed by atoms with van der Waals surface area (Å²) in [5, 5.41) is 0. The summed E-state index contributed by atoms with van der Waals surface area (Å²) < 4.78 is 40.0. The molecular formula is C13H19FN2O2S. The molecule has 6 heteroatoms. The largest absolute Gasteiger partial charge is 0.396 e. The highest BCUT2D eigenvalue weighted by Gasteiger charge is 2.42. The van der Waals surface area contributed by atoms with Crippen molar-refractivity contribution in [2.45, 2.75) is 37.5 Å². The second kappa shape index (κ2) is 5.09. The van der Waals surface area contributed by atoms with Gasteiger partial charge in [-0.05, 0) is 42.9 Å². The first-order chi connectivity index (χ1) is 8.88. The van der Waals surface area contributed by atoms with Crippen LogP contribution in [0.2, 0.25) is 0 Å². The summed E-state index contributed by atoms with van der Waals surface area (Å²) in [5.41, 5.74) is 5.40. The molecule has 1 aliphatic rings. The average molecular weight is 286 g/mol. The molecule has 0 bridgehead atoms. The summed E-state index contributed by atoms with van der Waals surface area (Å²) in [7, 11) is -3.66. The van der Waals surface area contributed by atoms with E-state index < -0.39 is 15.8 Å². The van der Waals surface area contributed by atoms with Crippen molar-refractivity contribution in [1.29, 1.82) is 0 Å². The molecular weight excluding hydrogens is 267 g/mol. The van der Waals surface area contributed by atoms with Gasteiger partial charge in [-0.25, -0.2) is 17.5 Å². The van der Waals surface area contributed by atoms with E-state index in [0.717, 1.165) is 31.7 Å². The molecule has 0 unspecified atom stereocenters. The van der Waals surface area contributed by atoms with Crippen LogP contribution in [0.15, 0.2) is 23.1 Å². The van der Waals surface area contributed by atoms with E-state index in [-0.39, 0.29) is 16.0 Å². The monoisotopic (exact) mass is 286 g/mol. The Morgan fingerprint density at radius 3 is 2.63 bits per heavy atom. The molecule has 2 rings (SSSR count). The number of hydrogen-bond acceptors (Lipinski definition) is 3. The molecule has 4 nitrogen and oxygen atoms in total. The van der Waals surface area contributed by atoms with Crippen LogP contribution in [0.4, 0.5) is 10.1 Å². The van der Waals surface area contributed by atoms with Gasteiger partial charge in [-0.1, -0.05) is 13.3 Å². The zero-order valence-corrected chi connectivity index (χ0v) is 11.8. The molecule has 0 aromatic heterocycles. The zero-order chi connectivity index (χ0) is 14.1. The Bertz CT molecular complexity index is 568. The summed E-state index contributed by atoms with van der Waals surface area (Å²) in [5.74, 6) is -0.711. The van der Waals surface area contributed by atoms with Gasteiger partial charge in [0.25, 0.3) is 0 Å². The number of sulfonamides is 1. The lowest BCUT2D eigenvalue weighted by atomic mass is 10.0. The minimum absolute atomic E-state index is 0.0522. The Kier molecular flexibility index (Phi) is 3.82. The molecule has 0 amide bonds. The highest BCUT2D eigenvalue weighted by Crippen LogP contribution is 2.49. The van der Waals surface area contributed by atoms with Crippen LogP contribution < -0.4 is 10.5 Å². The van der Waals surface area contributed by atoms with Crippen molar-refractivity contribution in [3.8, 4) is 0 Å². The molecule has 0 heterocycles. The lowest BCUT2D eigenvalue weighted by Gasteiger charge is -2.15. The first-order valence-corrected chi connectivity index (χ1v) is 7.92. The number of rotatable bonds is 6. The smallest absolute Gasteiger partial charge is 0.240 e. The molecule has 0 atom stereocenters. The van der Waals surface area contributed by atoms with Gasteiger partial charge < -0.3 is 5.73 Å². The minimum Gasteiger partial charge on any atom is -0.396 e. The lowest BCUT2D eigenvalue weighted by molar-refractivity contribution is 0.449. The van der Waals surface area contributed by atoms with E-state index in [2.05, 4.69) is 11.6 Å². The van der Waals surface area contributed by atoms with Crippen LogP contribution in [0, 0.1) is 11.2 Å². The molecule has 1 aliphatic carbocycles. The fourth-order valence-corrected chi connectivity index (χ4v) is 3.40. The maximum absolute atomic E-state index is 13.3. The lowest BCUT2D eigenvalue weighted by Crippen LogP contribution is -2.30. The second-order valence-electron chi connectivity index (χ2n) is 5.26. The van der Waals surface area contributed by atoms with E-state index in [1.165, 1.54) is 12.1 Å². The first-order valence-electron chi connectivity index (χ1n) is 6.43. The van der Waals surface area contributed by atoms with Crippen molar-refractivity contribution in [2.24, 2.45) is 5.41 Å². The number of hydrogen-bond donors (Lipinski definition) is 2. The Morgan fingerprint density at radius 2 is 2.11 bits per heavy atom. The second-order valence-corrected chi connectivity index (χ2v) is 7.02. The van der Waals surface area contributed by atoms with Gasteiger partial charge in [0.1, 0.15) is 5.82 Å². The van der Waals surface area contributed by atoms with Gasteiger partial charge in [0.05, 0.1) is 10.6 Å². The van der Waals surface area contributed by atoms with Crippen molar-refractivity contribution in [3.63, 3.8) is 0 Å². The maximum atomic E-state index is 13.3. The maximum Gasteiger partial charge on any atom is 0.240 e. The van der Waals surface area contributed by atoms with Gasteiger partial charge in [-0.15, -0.1) is 0 Å². The molecule has 3 N–H and O–H groups in total. The van der Waals surface area contributed by atoms with Crippen LogP contribution in [-0.4, -0.2) is 15.0 Å². The first kappa shape index (κ1) is 14.3. The van der Waals surface area contributed by atoms with Gasteiger partial charge in [-0.2, -0.15) is 0 Å². The number of nitrogen functional groups attached to an aromatic ring is 1. The molecule has 1 aromatic carbocycles. The van der Waals surface area contributed by atoms with Crippen molar-refractivity contribution >= 4 is 15.7 Å². The third-order valence-corrected chi connectivity index (χ3v) is 5.06. The van der Waals surface area contributed by atoms with Crippen LogP contribution >= 0.6 is 0 Å². The van der Waals surface area contributed by atoms with Gasteiger partial charge in [0.2, 0.25) is 10.0 Å². The van der Waals surface area contributed by atoms with E-state index in [1.54, 1.807) is 0 Å². The molecule has 0 radical (unpaired) electrons. The molecule has 0 spiro atoms. The summed E-state index contributed by atoms with van der Waals surface area (Å²) in [6, 6.07) is 3.54. The number of benzene rings is 1. The summed E-state index contributed by atoms with van der Waals surface area (Å²) in [4.78, 5) is -0.0773. The molecule has 1 aromatic rings. The van der Waals surface area contributed by atoms with E-state index in [1.807, 2.05) is 0 Å². The Hall–Kier alpha value is -1.14. The summed E-state index contributed by atoms with van der Waals surface area (Å²) in [6.45, 7) is 2.51. The summed E-state index contributed by atoms with van der Waals surface area (Å²) >= 11 is 0. The van der Waals surface area contributed by atoms with Crippen LogP contribution in [0.25, 0.3) is 0 Å². The fraction of sp³-hybridized carbons (Fsp3) is 0.538. The zero-order valence-electron chi connectivity index (χ0n) is 10.9. The Morgan fingerprint density at radius 1 is 1.42 bits per heavy atom. The number of halogens is 1. The van der Waals surface area contributed by atoms with Gasteiger partial charge in [0, 0.05) is 6.54 Å². The van der Waals surface area contributed by atoms with E-state index in [4.69, 9.17) is 5.73 Å². The number of nitrogens with two attached hydrogens (primary N) is 1.